The Balaban J connectivity index is 1.58. The number of anilines is 1. The topological polar surface area (TPSA) is 75.7 Å². The molecule has 3 aromatic rings. The first-order valence-corrected chi connectivity index (χ1v) is 13.1. The molecule has 36 heavy (non-hydrogen) atoms. The second kappa shape index (κ2) is 11.6. The van der Waals surface area contributed by atoms with Gasteiger partial charge < -0.3 is 10.1 Å². The summed E-state index contributed by atoms with van der Waals surface area (Å²) in [5.41, 5.74) is 3.20. The highest BCUT2D eigenvalue weighted by Crippen LogP contribution is 2.36. The van der Waals surface area contributed by atoms with Gasteiger partial charge in [-0.2, -0.15) is 0 Å². The van der Waals surface area contributed by atoms with Crippen molar-refractivity contribution in [3.63, 3.8) is 0 Å². The Bertz CT molecular complexity index is 1320. The smallest absolute Gasteiger partial charge is 0.338 e. The lowest BCUT2D eigenvalue weighted by molar-refractivity contribution is -0.137. The first-order valence-electron chi connectivity index (χ1n) is 11.5. The van der Waals surface area contributed by atoms with E-state index in [0.717, 1.165) is 26.9 Å². The molecule has 3 aromatic carbocycles. The maximum Gasteiger partial charge on any atom is 0.338 e. The molecule has 0 saturated carbocycles. The van der Waals surface area contributed by atoms with Crippen LogP contribution < -0.4 is 5.32 Å². The van der Waals surface area contributed by atoms with E-state index in [0.29, 0.717) is 22.8 Å². The van der Waals surface area contributed by atoms with E-state index in [2.05, 4.69) is 21.2 Å². The summed E-state index contributed by atoms with van der Waals surface area (Å²) in [4.78, 5) is 41.4. The van der Waals surface area contributed by atoms with Crippen LogP contribution in [-0.2, 0) is 20.9 Å². The zero-order chi connectivity index (χ0) is 25.7. The van der Waals surface area contributed by atoms with E-state index in [-0.39, 0.29) is 18.1 Å². The molecule has 0 fully saturated rings. The predicted octanol–water partition coefficient (Wildman–Crippen LogP) is 6.31. The fraction of sp³-hybridized carbons (Fsp3) is 0.179. The molecule has 4 rings (SSSR count). The number of thioether (sulfide) groups is 1. The Kier molecular flexibility index (Phi) is 8.28. The molecule has 0 aromatic heterocycles. The van der Waals surface area contributed by atoms with E-state index in [1.807, 2.05) is 62.4 Å². The number of nitrogens with one attached hydrogen (secondary N) is 1. The molecule has 0 aliphatic carbocycles. The van der Waals surface area contributed by atoms with Gasteiger partial charge in [0.2, 0.25) is 0 Å². The first-order chi connectivity index (χ1) is 17.4. The van der Waals surface area contributed by atoms with Crippen LogP contribution in [0.3, 0.4) is 0 Å². The maximum atomic E-state index is 13.5. The minimum atomic E-state index is -0.402. The Morgan fingerprint density at radius 3 is 2.39 bits per heavy atom. The van der Waals surface area contributed by atoms with Crippen molar-refractivity contribution in [1.29, 1.82) is 0 Å². The second-order valence-corrected chi connectivity index (χ2v) is 10.3. The molecule has 184 valence electrons. The van der Waals surface area contributed by atoms with Crippen LogP contribution in [-0.4, -0.2) is 29.3 Å². The van der Waals surface area contributed by atoms with Gasteiger partial charge in [0.05, 0.1) is 18.7 Å². The van der Waals surface area contributed by atoms with Crippen LogP contribution in [0.25, 0.3) is 0 Å². The van der Waals surface area contributed by atoms with E-state index in [4.69, 9.17) is 4.74 Å². The van der Waals surface area contributed by atoms with E-state index in [1.165, 1.54) is 16.7 Å². The standard InChI is InChI=1S/C28H25BrN2O4S/c1-3-15-35-28(34)20-11-9-19(10-12-20)17-31-26(32)24(30-22-6-4-5-21(29)16-22)25(27(31)33)36-23-13-7-18(2)8-14-23/h4-14,16,30H,3,15,17H2,1-2H3. The number of carbonyl (C=O) groups is 3. The summed E-state index contributed by atoms with van der Waals surface area (Å²) in [5, 5.41) is 3.16. The van der Waals surface area contributed by atoms with Crippen LogP contribution in [0, 0.1) is 6.92 Å². The zero-order valence-electron chi connectivity index (χ0n) is 19.9. The summed E-state index contributed by atoms with van der Waals surface area (Å²) >= 11 is 4.71. The SMILES string of the molecule is CCCOC(=O)c1ccc(CN2C(=O)C(Nc3cccc(Br)c3)=C(Sc3ccc(C)cc3)C2=O)cc1. The zero-order valence-corrected chi connectivity index (χ0v) is 22.3. The van der Waals surface area contributed by atoms with Crippen molar-refractivity contribution in [2.45, 2.75) is 31.7 Å². The number of esters is 1. The molecule has 0 unspecified atom stereocenters. The van der Waals surface area contributed by atoms with Crippen LogP contribution in [0.2, 0.25) is 0 Å². The van der Waals surface area contributed by atoms with Crippen LogP contribution in [0.15, 0.2) is 92.8 Å². The number of hydrogen-bond donors (Lipinski definition) is 1. The van der Waals surface area contributed by atoms with Gasteiger partial charge >= 0.3 is 5.97 Å². The minimum absolute atomic E-state index is 0.0869. The number of ether oxygens (including phenoxy) is 1. The third-order valence-electron chi connectivity index (χ3n) is 5.43. The third kappa shape index (κ3) is 6.06. The van der Waals surface area contributed by atoms with Gasteiger partial charge in [-0.15, -0.1) is 0 Å². The Morgan fingerprint density at radius 2 is 1.72 bits per heavy atom. The Morgan fingerprint density at radius 1 is 1.00 bits per heavy atom. The van der Waals surface area contributed by atoms with Gasteiger partial charge in [-0.05, 0) is 61.4 Å². The van der Waals surface area contributed by atoms with Crippen molar-refractivity contribution >= 4 is 51.2 Å². The third-order valence-corrected chi connectivity index (χ3v) is 7.01. The number of rotatable bonds is 9. The molecule has 1 N–H and O–H groups in total. The number of nitrogens with zero attached hydrogens (tertiary/aromatic N) is 1. The molecule has 0 spiro atoms. The van der Waals surface area contributed by atoms with E-state index in [9.17, 15) is 14.4 Å². The molecule has 8 heteroatoms. The Hall–Kier alpha value is -3.36. The van der Waals surface area contributed by atoms with Gasteiger partial charge in [0.1, 0.15) is 10.6 Å². The summed E-state index contributed by atoms with van der Waals surface area (Å²) in [6, 6.07) is 22.0. The first kappa shape index (κ1) is 25.7. The molecule has 0 saturated heterocycles. The molecule has 0 bridgehead atoms. The summed E-state index contributed by atoms with van der Waals surface area (Å²) in [7, 11) is 0. The summed E-state index contributed by atoms with van der Waals surface area (Å²) in [6.45, 7) is 4.37. The average Bonchev–Trinajstić information content (AvgIpc) is 3.08. The lowest BCUT2D eigenvalue weighted by Crippen LogP contribution is -2.32. The molecular formula is C28H25BrN2O4S. The minimum Gasteiger partial charge on any atom is -0.462 e. The number of amides is 2. The van der Waals surface area contributed by atoms with Crippen molar-refractivity contribution in [2.75, 3.05) is 11.9 Å². The Labute approximate surface area is 222 Å². The molecule has 0 atom stereocenters. The highest BCUT2D eigenvalue weighted by Gasteiger charge is 2.39. The average molecular weight is 565 g/mol. The monoisotopic (exact) mass is 564 g/mol. The molecule has 2 amide bonds. The number of imide groups is 1. The van der Waals surface area contributed by atoms with Crippen molar-refractivity contribution < 1.29 is 19.1 Å². The number of benzene rings is 3. The van der Waals surface area contributed by atoms with Gasteiger partial charge in [0, 0.05) is 15.1 Å². The van der Waals surface area contributed by atoms with Crippen molar-refractivity contribution in [3.8, 4) is 0 Å². The van der Waals surface area contributed by atoms with Crippen LogP contribution in [0.5, 0.6) is 0 Å². The lowest BCUT2D eigenvalue weighted by Gasteiger charge is -2.15. The van der Waals surface area contributed by atoms with Gasteiger partial charge in [0.15, 0.2) is 0 Å². The molecular weight excluding hydrogens is 540 g/mol. The van der Waals surface area contributed by atoms with Gasteiger partial charge in [-0.3, -0.25) is 14.5 Å². The molecule has 1 aliphatic heterocycles. The number of halogens is 1. The van der Waals surface area contributed by atoms with E-state index >= 15 is 0 Å². The highest BCUT2D eigenvalue weighted by molar-refractivity contribution is 9.10. The second-order valence-electron chi connectivity index (χ2n) is 8.28. The number of carbonyl (C=O) groups excluding carboxylic acids is 3. The quantitative estimate of drug-likeness (QED) is 0.242. The number of hydrogen-bond acceptors (Lipinski definition) is 6. The number of aryl methyl sites for hydroxylation is 1. The summed E-state index contributed by atoms with van der Waals surface area (Å²) in [6.07, 6.45) is 0.745. The predicted molar refractivity (Wildman–Crippen MR) is 144 cm³/mol. The molecule has 6 nitrogen and oxygen atoms in total. The molecule has 1 aliphatic rings. The lowest BCUT2D eigenvalue weighted by atomic mass is 10.1. The fourth-order valence-corrected chi connectivity index (χ4v) is 4.89. The van der Waals surface area contributed by atoms with Crippen molar-refractivity contribution in [2.24, 2.45) is 0 Å². The molecule has 1 heterocycles. The van der Waals surface area contributed by atoms with Crippen LogP contribution in [0.1, 0.15) is 34.8 Å². The maximum absolute atomic E-state index is 13.5. The van der Waals surface area contributed by atoms with E-state index in [1.54, 1.807) is 24.3 Å². The van der Waals surface area contributed by atoms with Gasteiger partial charge in [-0.25, -0.2) is 4.79 Å². The highest BCUT2D eigenvalue weighted by atomic mass is 79.9. The fourth-order valence-electron chi connectivity index (χ4n) is 3.54. The van der Waals surface area contributed by atoms with Crippen LogP contribution in [0.4, 0.5) is 5.69 Å². The largest absolute Gasteiger partial charge is 0.462 e. The van der Waals surface area contributed by atoms with Crippen molar-refractivity contribution in [3.05, 3.63) is 105 Å². The summed E-state index contributed by atoms with van der Waals surface area (Å²) in [5.74, 6) is -1.16. The molecule has 0 radical (unpaired) electrons. The van der Waals surface area contributed by atoms with E-state index < -0.39 is 11.9 Å². The van der Waals surface area contributed by atoms with Crippen molar-refractivity contribution in [1.82, 2.24) is 4.90 Å². The van der Waals surface area contributed by atoms with Gasteiger partial charge in [0.25, 0.3) is 11.8 Å². The van der Waals surface area contributed by atoms with Gasteiger partial charge in [-0.1, -0.05) is 70.5 Å². The summed E-state index contributed by atoms with van der Waals surface area (Å²) < 4.78 is 6.02. The van der Waals surface area contributed by atoms with Crippen LogP contribution >= 0.6 is 27.7 Å². The normalized spacial score (nSPS) is 13.4.